The minimum absolute atomic E-state index is 0.162. The molecule has 1 saturated heterocycles. The maximum absolute atomic E-state index is 4.99. The molecule has 19 heavy (non-hydrogen) atoms. The second-order valence-corrected chi connectivity index (χ2v) is 6.87. The zero-order chi connectivity index (χ0) is 13.3. The minimum atomic E-state index is 0.162. The molecular weight excluding hydrogens is 254 g/mol. The maximum atomic E-state index is 4.99. The number of thiazole rings is 1. The van der Waals surface area contributed by atoms with Crippen LogP contribution in [0.25, 0.3) is 0 Å². The van der Waals surface area contributed by atoms with E-state index >= 15 is 0 Å². The van der Waals surface area contributed by atoms with Crippen molar-refractivity contribution in [1.29, 1.82) is 0 Å². The highest BCUT2D eigenvalue weighted by molar-refractivity contribution is 7.12. The van der Waals surface area contributed by atoms with Crippen LogP contribution >= 0.6 is 11.3 Å². The third kappa shape index (κ3) is 2.46. The molecule has 0 unspecified atom stereocenters. The topological polar surface area (TPSA) is 28.2 Å². The summed E-state index contributed by atoms with van der Waals surface area (Å²) in [6.07, 6.45) is 6.19. The van der Waals surface area contributed by atoms with Gasteiger partial charge in [0.25, 0.3) is 0 Å². The molecule has 0 amide bonds. The lowest BCUT2D eigenvalue weighted by Crippen LogP contribution is -2.51. The van der Waals surface area contributed by atoms with E-state index < -0.39 is 0 Å². The lowest BCUT2D eigenvalue weighted by atomic mass is 9.88. The summed E-state index contributed by atoms with van der Waals surface area (Å²) in [5.74, 6) is 0. The van der Waals surface area contributed by atoms with E-state index in [1.807, 2.05) is 11.3 Å². The first-order valence-corrected chi connectivity index (χ1v) is 8.55. The minimum Gasteiger partial charge on any atom is -0.306 e. The number of nitrogens with zero attached hydrogens (tertiary/aromatic N) is 2. The van der Waals surface area contributed by atoms with Crippen molar-refractivity contribution in [1.82, 2.24) is 15.2 Å². The standard InChI is InChI=1S/C15H25N3S/c1-3-16-15(8-10-18(4-2)11-9-15)14-17-12-6-5-7-13(12)19-14/h16H,3-11H2,1-2H3. The molecule has 106 valence electrons. The van der Waals surface area contributed by atoms with Gasteiger partial charge >= 0.3 is 0 Å². The summed E-state index contributed by atoms with van der Waals surface area (Å²) in [6.45, 7) is 9.10. The van der Waals surface area contributed by atoms with E-state index in [-0.39, 0.29) is 5.54 Å². The molecule has 3 nitrogen and oxygen atoms in total. The first-order valence-electron chi connectivity index (χ1n) is 7.74. The molecule has 1 aromatic heterocycles. The largest absolute Gasteiger partial charge is 0.306 e. The summed E-state index contributed by atoms with van der Waals surface area (Å²) < 4.78 is 0. The van der Waals surface area contributed by atoms with Crippen molar-refractivity contribution in [3.8, 4) is 0 Å². The molecule has 2 aliphatic rings. The van der Waals surface area contributed by atoms with Crippen LogP contribution in [0.2, 0.25) is 0 Å². The molecule has 1 aliphatic heterocycles. The van der Waals surface area contributed by atoms with Gasteiger partial charge in [0.05, 0.1) is 11.2 Å². The van der Waals surface area contributed by atoms with Gasteiger partial charge in [0.15, 0.2) is 0 Å². The molecule has 0 bridgehead atoms. The molecule has 1 fully saturated rings. The van der Waals surface area contributed by atoms with Gasteiger partial charge in [-0.15, -0.1) is 11.3 Å². The van der Waals surface area contributed by atoms with E-state index in [1.165, 1.54) is 62.4 Å². The Morgan fingerprint density at radius 3 is 2.68 bits per heavy atom. The quantitative estimate of drug-likeness (QED) is 0.918. The number of rotatable bonds is 4. The smallest absolute Gasteiger partial charge is 0.113 e. The monoisotopic (exact) mass is 279 g/mol. The molecule has 0 saturated carbocycles. The van der Waals surface area contributed by atoms with Gasteiger partial charge in [0.1, 0.15) is 5.01 Å². The van der Waals surface area contributed by atoms with Gasteiger partial charge in [-0.1, -0.05) is 13.8 Å². The molecule has 0 radical (unpaired) electrons. The molecule has 1 N–H and O–H groups in total. The number of aryl methyl sites for hydroxylation is 2. The van der Waals surface area contributed by atoms with Crippen LogP contribution in [-0.2, 0) is 18.4 Å². The first-order chi connectivity index (χ1) is 9.27. The lowest BCUT2D eigenvalue weighted by Gasteiger charge is -2.41. The Labute approximate surface area is 120 Å². The van der Waals surface area contributed by atoms with E-state index in [0.717, 1.165) is 6.54 Å². The average molecular weight is 279 g/mol. The fraction of sp³-hybridized carbons (Fsp3) is 0.800. The van der Waals surface area contributed by atoms with Crippen LogP contribution in [0.3, 0.4) is 0 Å². The number of hydrogen-bond acceptors (Lipinski definition) is 4. The van der Waals surface area contributed by atoms with Gasteiger partial charge < -0.3 is 10.2 Å². The van der Waals surface area contributed by atoms with E-state index in [0.29, 0.717) is 0 Å². The van der Waals surface area contributed by atoms with Crippen molar-refractivity contribution in [3.05, 3.63) is 15.6 Å². The van der Waals surface area contributed by atoms with Crippen molar-refractivity contribution in [2.75, 3.05) is 26.2 Å². The second-order valence-electron chi connectivity index (χ2n) is 5.79. The third-order valence-corrected chi connectivity index (χ3v) is 6.04. The van der Waals surface area contributed by atoms with Crippen LogP contribution in [0.4, 0.5) is 0 Å². The van der Waals surface area contributed by atoms with Crippen LogP contribution in [0, 0.1) is 0 Å². The van der Waals surface area contributed by atoms with Gasteiger partial charge in [-0.2, -0.15) is 0 Å². The Morgan fingerprint density at radius 2 is 2.05 bits per heavy atom. The predicted octanol–water partition coefficient (Wildman–Crippen LogP) is 2.55. The van der Waals surface area contributed by atoms with Crippen LogP contribution < -0.4 is 5.32 Å². The van der Waals surface area contributed by atoms with Gasteiger partial charge in [-0.25, -0.2) is 4.98 Å². The van der Waals surface area contributed by atoms with E-state index in [9.17, 15) is 0 Å². The van der Waals surface area contributed by atoms with Crippen molar-refractivity contribution in [3.63, 3.8) is 0 Å². The zero-order valence-electron chi connectivity index (χ0n) is 12.2. The molecule has 1 aliphatic carbocycles. The molecule has 0 spiro atoms. The van der Waals surface area contributed by atoms with E-state index in [4.69, 9.17) is 4.98 Å². The number of fused-ring (bicyclic) bond motifs is 1. The van der Waals surface area contributed by atoms with Crippen molar-refractivity contribution in [2.24, 2.45) is 0 Å². The third-order valence-electron chi connectivity index (χ3n) is 4.68. The van der Waals surface area contributed by atoms with E-state index in [2.05, 4.69) is 24.1 Å². The Hall–Kier alpha value is -0.450. The summed E-state index contributed by atoms with van der Waals surface area (Å²) in [5.41, 5.74) is 1.56. The zero-order valence-corrected chi connectivity index (χ0v) is 13.0. The molecule has 3 rings (SSSR count). The Balaban J connectivity index is 1.83. The summed E-state index contributed by atoms with van der Waals surface area (Å²) >= 11 is 1.98. The summed E-state index contributed by atoms with van der Waals surface area (Å²) in [6, 6.07) is 0. The van der Waals surface area contributed by atoms with E-state index in [1.54, 1.807) is 4.88 Å². The number of likely N-dealkylation sites (tertiary alicyclic amines) is 1. The van der Waals surface area contributed by atoms with Crippen LogP contribution in [-0.4, -0.2) is 36.1 Å². The van der Waals surface area contributed by atoms with Crippen LogP contribution in [0.5, 0.6) is 0 Å². The van der Waals surface area contributed by atoms with Crippen molar-refractivity contribution < 1.29 is 0 Å². The SMILES string of the molecule is CCNC1(c2nc3c(s2)CCC3)CCN(CC)CC1. The van der Waals surface area contributed by atoms with Crippen LogP contribution in [0.1, 0.15) is 48.7 Å². The second kappa shape index (κ2) is 5.51. The maximum Gasteiger partial charge on any atom is 0.113 e. The number of nitrogens with one attached hydrogen (secondary N) is 1. The molecule has 4 heteroatoms. The predicted molar refractivity (Wildman–Crippen MR) is 80.8 cm³/mol. The number of aromatic nitrogens is 1. The fourth-order valence-corrected chi connectivity index (χ4v) is 4.82. The van der Waals surface area contributed by atoms with Crippen molar-refractivity contribution >= 4 is 11.3 Å². The summed E-state index contributed by atoms with van der Waals surface area (Å²) in [7, 11) is 0. The highest BCUT2D eigenvalue weighted by Gasteiger charge is 2.38. The lowest BCUT2D eigenvalue weighted by molar-refractivity contribution is 0.140. The molecule has 2 heterocycles. The Kier molecular flexibility index (Phi) is 3.92. The highest BCUT2D eigenvalue weighted by atomic mass is 32.1. The Morgan fingerprint density at radius 1 is 1.26 bits per heavy atom. The molecule has 0 aromatic carbocycles. The van der Waals surface area contributed by atoms with Gasteiger partial charge in [-0.3, -0.25) is 0 Å². The highest BCUT2D eigenvalue weighted by Crippen LogP contribution is 2.38. The first kappa shape index (κ1) is 13.5. The summed E-state index contributed by atoms with van der Waals surface area (Å²) in [4.78, 5) is 9.11. The summed E-state index contributed by atoms with van der Waals surface area (Å²) in [5, 5.41) is 5.14. The molecular formula is C15H25N3S. The van der Waals surface area contributed by atoms with Gasteiger partial charge in [-0.05, 0) is 45.2 Å². The fourth-order valence-electron chi connectivity index (χ4n) is 3.45. The normalized spacial score (nSPS) is 22.6. The number of piperidine rings is 1. The molecule has 0 atom stereocenters. The van der Waals surface area contributed by atoms with Crippen molar-refractivity contribution in [2.45, 2.75) is 51.5 Å². The number of hydrogen-bond donors (Lipinski definition) is 1. The Bertz CT molecular complexity index is 411. The van der Waals surface area contributed by atoms with Gasteiger partial charge in [0.2, 0.25) is 0 Å². The van der Waals surface area contributed by atoms with Crippen LogP contribution in [0.15, 0.2) is 0 Å². The van der Waals surface area contributed by atoms with Gasteiger partial charge in [0, 0.05) is 18.0 Å². The molecule has 1 aromatic rings. The average Bonchev–Trinajstić information content (AvgIpc) is 3.01.